The third kappa shape index (κ3) is 6.60. The molecule has 39 heavy (non-hydrogen) atoms. The summed E-state index contributed by atoms with van der Waals surface area (Å²) in [6.07, 6.45) is 6.74. The lowest BCUT2D eigenvalue weighted by Crippen LogP contribution is -2.58. The number of hydrogen-bond donors (Lipinski definition) is 4. The van der Waals surface area contributed by atoms with Crippen LogP contribution in [-0.4, -0.2) is 81.1 Å². The molecule has 1 aromatic heterocycles. The van der Waals surface area contributed by atoms with Crippen molar-refractivity contribution in [3.8, 4) is 5.69 Å². The van der Waals surface area contributed by atoms with Crippen molar-refractivity contribution in [2.24, 2.45) is 11.5 Å². The molecule has 1 saturated carbocycles. The Morgan fingerprint density at radius 3 is 2.36 bits per heavy atom. The summed E-state index contributed by atoms with van der Waals surface area (Å²) in [6, 6.07) is 8.73. The number of amides is 3. The number of urea groups is 1. The fourth-order valence-electron chi connectivity index (χ4n) is 5.54. The van der Waals surface area contributed by atoms with Crippen molar-refractivity contribution < 1.29 is 9.59 Å². The predicted octanol–water partition coefficient (Wildman–Crippen LogP) is 1.00. The van der Waals surface area contributed by atoms with E-state index < -0.39 is 11.2 Å². The monoisotopic (exact) mass is 558 g/mol. The van der Waals surface area contributed by atoms with E-state index in [4.69, 9.17) is 11.5 Å². The number of carbonyl (C=O) groups is 2. The number of nitrogens with two attached hydrogens (primary N) is 2. The summed E-state index contributed by atoms with van der Waals surface area (Å²) in [7, 11) is 0. The maximum absolute atomic E-state index is 12.8. The van der Waals surface area contributed by atoms with Crippen LogP contribution >= 0.6 is 12.4 Å². The second kappa shape index (κ2) is 11.6. The highest BCUT2D eigenvalue weighted by atomic mass is 35.5. The minimum Gasteiger partial charge on any atom is -0.338 e. The molecule has 1 atom stereocenters. The molecule has 1 aromatic carbocycles. The number of nitrogens with zero attached hydrogens (tertiary/aromatic N) is 4. The molecule has 0 bridgehead atoms. The molecule has 2 aliphatic carbocycles. The summed E-state index contributed by atoms with van der Waals surface area (Å²) >= 11 is 0. The van der Waals surface area contributed by atoms with Crippen molar-refractivity contribution in [3.05, 3.63) is 52.1 Å². The highest BCUT2D eigenvalue weighted by molar-refractivity contribution is 5.89. The molecule has 1 saturated heterocycles. The van der Waals surface area contributed by atoms with Gasteiger partial charge in [-0.05, 0) is 75.3 Å². The van der Waals surface area contributed by atoms with Crippen molar-refractivity contribution in [1.82, 2.24) is 24.7 Å². The Labute approximate surface area is 234 Å². The van der Waals surface area contributed by atoms with Crippen LogP contribution in [0.1, 0.15) is 44.2 Å². The van der Waals surface area contributed by atoms with E-state index in [1.165, 1.54) is 15.7 Å². The number of piperazine rings is 1. The first-order valence-electron chi connectivity index (χ1n) is 13.4. The molecule has 5 rings (SSSR count). The fourth-order valence-corrected chi connectivity index (χ4v) is 5.54. The van der Waals surface area contributed by atoms with Gasteiger partial charge in [0.15, 0.2) is 0 Å². The van der Waals surface area contributed by atoms with Crippen LogP contribution in [0.4, 0.5) is 10.6 Å². The van der Waals surface area contributed by atoms with Gasteiger partial charge >= 0.3 is 11.7 Å². The van der Waals surface area contributed by atoms with E-state index in [1.807, 2.05) is 6.07 Å². The van der Waals surface area contributed by atoms with E-state index in [0.29, 0.717) is 44.3 Å². The molecule has 3 amide bonds. The molecule has 2 aromatic rings. The second-order valence-corrected chi connectivity index (χ2v) is 11.4. The molecule has 6 N–H and O–H groups in total. The molecule has 11 nitrogen and oxygen atoms in total. The Bertz CT molecular complexity index is 1260. The number of nitrogens with one attached hydrogen (secondary N) is 2. The van der Waals surface area contributed by atoms with Crippen LogP contribution in [0.25, 0.3) is 5.69 Å². The molecule has 212 valence electrons. The number of halogens is 1. The molecule has 1 unspecified atom stereocenters. The van der Waals surface area contributed by atoms with Gasteiger partial charge in [0.25, 0.3) is 0 Å². The molecule has 1 aliphatic heterocycles. The molecule has 12 heteroatoms. The van der Waals surface area contributed by atoms with Crippen LogP contribution in [0.3, 0.4) is 0 Å². The van der Waals surface area contributed by atoms with Gasteiger partial charge in [-0.25, -0.2) is 9.59 Å². The quantitative estimate of drug-likeness (QED) is 0.427. The first kappa shape index (κ1) is 29.0. The number of anilines is 1. The zero-order valence-corrected chi connectivity index (χ0v) is 23.4. The standard InChI is InChI=1S/C27H38N8O3.ClH/c1-27(2,29)24(36)33-9-11-34(12-10-33)25(37)31-23-7-8-35(26(38)32-23)22-6-4-17-13-20(5-3-18(17)14-22)30-21-15-19(28)16-21;/h4,6-8,14,19-21,30H,3,5,9-13,15-16,28-29H2,1-2H3,(H,31,32,37,38);1H/t19-,20?,21-;. The Balaban J connectivity index is 0.00000353. The largest absolute Gasteiger partial charge is 0.354 e. The number of hydrogen-bond acceptors (Lipinski definition) is 7. The third-order valence-corrected chi connectivity index (χ3v) is 7.79. The molecule has 3 aliphatic rings. The maximum Gasteiger partial charge on any atom is 0.354 e. The number of rotatable bonds is 5. The van der Waals surface area contributed by atoms with Gasteiger partial charge in [-0.15, -0.1) is 12.4 Å². The van der Waals surface area contributed by atoms with E-state index in [0.717, 1.165) is 37.8 Å². The van der Waals surface area contributed by atoms with Gasteiger partial charge in [0, 0.05) is 50.5 Å². The van der Waals surface area contributed by atoms with Crippen LogP contribution in [0.2, 0.25) is 0 Å². The lowest BCUT2D eigenvalue weighted by atomic mass is 9.83. The summed E-state index contributed by atoms with van der Waals surface area (Å²) in [5.74, 6) is 0.0563. The number of aryl methyl sites for hydroxylation is 1. The van der Waals surface area contributed by atoms with Gasteiger partial charge < -0.3 is 26.6 Å². The Morgan fingerprint density at radius 1 is 1.03 bits per heavy atom. The van der Waals surface area contributed by atoms with Crippen molar-refractivity contribution in [2.45, 2.75) is 69.6 Å². The van der Waals surface area contributed by atoms with Crippen molar-refractivity contribution in [3.63, 3.8) is 0 Å². The van der Waals surface area contributed by atoms with Gasteiger partial charge in [0.2, 0.25) is 5.91 Å². The van der Waals surface area contributed by atoms with Crippen LogP contribution in [-0.2, 0) is 17.6 Å². The first-order chi connectivity index (χ1) is 18.1. The van der Waals surface area contributed by atoms with E-state index >= 15 is 0 Å². The van der Waals surface area contributed by atoms with Gasteiger partial charge in [0.1, 0.15) is 5.82 Å². The fraction of sp³-hybridized carbons (Fsp3) is 0.556. The molecule has 0 spiro atoms. The second-order valence-electron chi connectivity index (χ2n) is 11.4. The predicted molar refractivity (Wildman–Crippen MR) is 152 cm³/mol. The topological polar surface area (TPSA) is 152 Å². The number of fused-ring (bicyclic) bond motifs is 1. The first-order valence-corrected chi connectivity index (χ1v) is 13.4. The van der Waals surface area contributed by atoms with Gasteiger partial charge in [-0.2, -0.15) is 4.98 Å². The van der Waals surface area contributed by atoms with Crippen molar-refractivity contribution in [2.75, 3.05) is 31.5 Å². The number of carbonyl (C=O) groups excluding carboxylic acids is 2. The van der Waals surface area contributed by atoms with Crippen molar-refractivity contribution >= 4 is 30.2 Å². The lowest BCUT2D eigenvalue weighted by molar-refractivity contribution is -0.137. The van der Waals surface area contributed by atoms with Gasteiger partial charge in [-0.3, -0.25) is 14.7 Å². The molecule has 2 fully saturated rings. The Kier molecular flexibility index (Phi) is 8.65. The molecule has 0 radical (unpaired) electrons. The third-order valence-electron chi connectivity index (χ3n) is 7.79. The van der Waals surface area contributed by atoms with Crippen LogP contribution < -0.4 is 27.8 Å². The number of aromatic nitrogens is 2. The average molecular weight is 559 g/mol. The summed E-state index contributed by atoms with van der Waals surface area (Å²) in [5.41, 5.74) is 13.8. The van der Waals surface area contributed by atoms with E-state index in [1.54, 1.807) is 35.9 Å². The van der Waals surface area contributed by atoms with E-state index in [2.05, 4.69) is 27.8 Å². The zero-order valence-electron chi connectivity index (χ0n) is 22.6. The Morgan fingerprint density at radius 2 is 1.72 bits per heavy atom. The molecular formula is C27H39ClN8O3. The summed E-state index contributed by atoms with van der Waals surface area (Å²) in [5, 5.41) is 6.44. The normalized spacial score (nSPS) is 22.8. The minimum absolute atomic E-state index is 0. The summed E-state index contributed by atoms with van der Waals surface area (Å²) in [4.78, 5) is 45.3. The highest BCUT2D eigenvalue weighted by Gasteiger charge is 2.32. The zero-order chi connectivity index (χ0) is 27.0. The minimum atomic E-state index is -0.944. The van der Waals surface area contributed by atoms with Crippen molar-refractivity contribution in [1.29, 1.82) is 0 Å². The summed E-state index contributed by atoms with van der Waals surface area (Å²) in [6.45, 7) is 4.92. The van der Waals surface area contributed by atoms with Crippen LogP contribution in [0, 0.1) is 0 Å². The SMILES string of the molecule is CC(C)(N)C(=O)N1CCN(C(=O)Nc2ccn(-c3ccc4c(c3)CCC(N[C@H]3C[C@H](N)C3)C4)c(=O)n2)CC1.Cl. The molecular weight excluding hydrogens is 520 g/mol. The molecule has 2 heterocycles. The Hall–Kier alpha value is -2.99. The van der Waals surface area contributed by atoms with Crippen LogP contribution in [0.5, 0.6) is 0 Å². The van der Waals surface area contributed by atoms with E-state index in [9.17, 15) is 14.4 Å². The van der Waals surface area contributed by atoms with Crippen LogP contribution in [0.15, 0.2) is 35.3 Å². The average Bonchev–Trinajstić information content (AvgIpc) is 2.86. The smallest absolute Gasteiger partial charge is 0.338 e. The van der Waals surface area contributed by atoms with Gasteiger partial charge in [-0.1, -0.05) is 6.07 Å². The number of benzene rings is 1. The summed E-state index contributed by atoms with van der Waals surface area (Å²) < 4.78 is 1.50. The maximum atomic E-state index is 12.8. The highest BCUT2D eigenvalue weighted by Crippen LogP contribution is 2.26. The van der Waals surface area contributed by atoms with E-state index in [-0.39, 0.29) is 30.2 Å². The lowest BCUT2D eigenvalue weighted by Gasteiger charge is -2.38. The van der Waals surface area contributed by atoms with Gasteiger partial charge in [0.05, 0.1) is 11.2 Å².